The predicted molar refractivity (Wildman–Crippen MR) is 151 cm³/mol. The number of aromatic nitrogens is 1. The Hall–Kier alpha value is -1.88. The van der Waals surface area contributed by atoms with Crippen LogP contribution < -0.4 is 11.1 Å². The molecule has 0 saturated carbocycles. The Kier molecular flexibility index (Phi) is 13.9. The smallest absolute Gasteiger partial charge is 0.131 e. The fourth-order valence-corrected chi connectivity index (χ4v) is 5.04. The number of allylic oxidation sites excluding steroid dienone is 1. The number of nitrogens with one attached hydrogen (secondary N) is 1. The van der Waals surface area contributed by atoms with Crippen molar-refractivity contribution in [3.05, 3.63) is 56.7 Å². The van der Waals surface area contributed by atoms with E-state index in [-0.39, 0.29) is 6.61 Å². The number of thiophene rings is 2. The quantitative estimate of drug-likeness (QED) is 0.130. The molecule has 0 amide bonds. The molecule has 0 spiro atoms. The van der Waals surface area contributed by atoms with Crippen LogP contribution in [0.4, 0.5) is 5.69 Å². The predicted octanol–water partition coefficient (Wildman–Crippen LogP) is 7.61. The summed E-state index contributed by atoms with van der Waals surface area (Å²) in [6, 6.07) is 6.49. The minimum atomic E-state index is 0.256. The van der Waals surface area contributed by atoms with Crippen LogP contribution in [-0.2, 0) is 6.54 Å². The molecule has 184 valence electrons. The normalized spacial score (nSPS) is 14.3. The summed E-state index contributed by atoms with van der Waals surface area (Å²) >= 11 is 9.59. The number of pyridine rings is 1. The van der Waals surface area contributed by atoms with E-state index in [0.29, 0.717) is 11.2 Å². The van der Waals surface area contributed by atoms with Crippen molar-refractivity contribution in [2.75, 3.05) is 11.9 Å². The number of unbranched alkanes of at least 4 members (excludes halogenated alkanes) is 3. The first-order chi connectivity index (χ1) is 16.7. The third-order valence-corrected chi connectivity index (χ3v) is 7.09. The topological polar surface area (TPSA) is 71.2 Å². The lowest BCUT2D eigenvalue weighted by atomic mass is 10.0. The van der Waals surface area contributed by atoms with Crippen molar-refractivity contribution in [1.29, 1.82) is 0 Å². The lowest BCUT2D eigenvalue weighted by Crippen LogP contribution is -2.19. The molecule has 3 heterocycles. The zero-order valence-corrected chi connectivity index (χ0v) is 22.5. The Morgan fingerprint density at radius 3 is 2.74 bits per heavy atom. The molecular formula is C27H36ClN3OS2. The van der Waals surface area contributed by atoms with Crippen molar-refractivity contribution in [2.45, 2.75) is 71.4 Å². The summed E-state index contributed by atoms with van der Waals surface area (Å²) in [7, 11) is 0. The first-order valence-corrected chi connectivity index (χ1v) is 14.2. The summed E-state index contributed by atoms with van der Waals surface area (Å²) in [5.74, 6) is 6.43. The van der Waals surface area contributed by atoms with Crippen LogP contribution in [0.15, 0.2) is 41.1 Å². The second-order valence-electron chi connectivity index (χ2n) is 7.63. The van der Waals surface area contributed by atoms with Gasteiger partial charge in [-0.1, -0.05) is 61.9 Å². The van der Waals surface area contributed by atoms with Crippen LogP contribution in [0.5, 0.6) is 0 Å². The van der Waals surface area contributed by atoms with Gasteiger partial charge < -0.3 is 16.2 Å². The van der Waals surface area contributed by atoms with Crippen LogP contribution in [-0.4, -0.2) is 22.7 Å². The van der Waals surface area contributed by atoms with Crippen LogP contribution >= 0.6 is 34.3 Å². The molecule has 0 saturated heterocycles. The maximum Gasteiger partial charge on any atom is 0.131 e. The summed E-state index contributed by atoms with van der Waals surface area (Å²) in [6.45, 7) is 5.03. The average Bonchev–Trinajstić information content (AvgIpc) is 3.52. The molecule has 0 radical (unpaired) electrons. The molecule has 3 aromatic rings. The molecule has 1 unspecified atom stereocenters. The molecule has 4 N–H and O–H groups in total. The zero-order chi connectivity index (χ0) is 24.6. The van der Waals surface area contributed by atoms with E-state index < -0.39 is 0 Å². The number of anilines is 1. The van der Waals surface area contributed by atoms with Crippen molar-refractivity contribution in [2.24, 2.45) is 5.73 Å². The summed E-state index contributed by atoms with van der Waals surface area (Å²) in [5.41, 5.74) is 8.39. The van der Waals surface area contributed by atoms with Crippen molar-refractivity contribution < 1.29 is 5.11 Å². The number of hydrogen-bond donors (Lipinski definition) is 3. The standard InChI is InChI=1S/C19H19ClN2OS2.C6H11N.C2H6/c20-17-11-16(21-12-15-8-6-10-24-15)19-18(22-17)14(13-25-19)7-4-2-1-3-5-9-23;7-6-4-2-1-3-5-6;1-2/h6,8,10-11,13,23H,1-3,5,9,12H2,(H,21,22);1-2,6H,3-5,7H2;1-2H3. The van der Waals surface area contributed by atoms with Crippen molar-refractivity contribution in [3.8, 4) is 11.8 Å². The van der Waals surface area contributed by atoms with E-state index in [9.17, 15) is 0 Å². The second kappa shape index (κ2) is 16.7. The van der Waals surface area contributed by atoms with E-state index in [0.717, 1.165) is 60.1 Å². The fourth-order valence-electron chi connectivity index (χ4n) is 3.27. The van der Waals surface area contributed by atoms with Gasteiger partial charge in [-0.15, -0.1) is 22.7 Å². The second-order valence-corrected chi connectivity index (χ2v) is 9.93. The minimum absolute atomic E-state index is 0.256. The highest BCUT2D eigenvalue weighted by molar-refractivity contribution is 7.18. The molecule has 1 aliphatic rings. The number of halogens is 1. The largest absolute Gasteiger partial charge is 0.396 e. The van der Waals surface area contributed by atoms with Crippen molar-refractivity contribution in [3.63, 3.8) is 0 Å². The van der Waals surface area contributed by atoms with Crippen molar-refractivity contribution >= 4 is 50.2 Å². The Bertz CT molecular complexity index is 1050. The van der Waals surface area contributed by atoms with E-state index >= 15 is 0 Å². The van der Waals surface area contributed by atoms with Crippen molar-refractivity contribution in [1.82, 2.24) is 4.98 Å². The maximum atomic E-state index is 8.79. The van der Waals surface area contributed by atoms with E-state index in [4.69, 9.17) is 22.4 Å². The van der Waals surface area contributed by atoms with Gasteiger partial charge in [0.1, 0.15) is 10.7 Å². The van der Waals surface area contributed by atoms with Gasteiger partial charge in [-0.2, -0.15) is 0 Å². The third kappa shape index (κ3) is 9.77. The van der Waals surface area contributed by atoms with Gasteiger partial charge in [0.2, 0.25) is 0 Å². The zero-order valence-electron chi connectivity index (χ0n) is 20.1. The van der Waals surface area contributed by atoms with Gasteiger partial charge in [0.05, 0.1) is 16.0 Å². The van der Waals surface area contributed by atoms with Crippen LogP contribution in [0.25, 0.3) is 10.2 Å². The summed E-state index contributed by atoms with van der Waals surface area (Å²) < 4.78 is 1.09. The highest BCUT2D eigenvalue weighted by atomic mass is 35.5. The molecule has 0 bridgehead atoms. The molecule has 0 fully saturated rings. The monoisotopic (exact) mass is 517 g/mol. The number of rotatable bonds is 7. The number of aliphatic hydroxyl groups excluding tert-OH is 1. The van der Waals surface area contributed by atoms with Gasteiger partial charge in [-0.05, 0) is 43.6 Å². The van der Waals surface area contributed by atoms with Gasteiger partial charge >= 0.3 is 0 Å². The lowest BCUT2D eigenvalue weighted by molar-refractivity contribution is 0.283. The highest BCUT2D eigenvalue weighted by Crippen LogP contribution is 2.33. The Labute approximate surface area is 217 Å². The van der Waals surface area contributed by atoms with Gasteiger partial charge in [0, 0.05) is 41.9 Å². The maximum absolute atomic E-state index is 8.79. The summed E-state index contributed by atoms with van der Waals surface area (Å²) in [6.07, 6.45) is 11.5. The first kappa shape index (κ1) is 28.4. The first-order valence-electron chi connectivity index (χ1n) is 12.0. The SMILES string of the molecule is CC.NC1CC=CCC1.OCCCCCC#Cc1csc2c(NCc3cccs3)cc(Cl)nc12. The molecule has 1 atom stereocenters. The number of fused-ring (bicyclic) bond motifs is 1. The van der Waals surface area contributed by atoms with E-state index in [1.54, 1.807) is 22.7 Å². The molecule has 4 rings (SSSR count). The molecule has 0 aliphatic heterocycles. The Morgan fingerprint density at radius 1 is 1.24 bits per heavy atom. The summed E-state index contributed by atoms with van der Waals surface area (Å²) in [4.78, 5) is 5.75. The van der Waals surface area contributed by atoms with Crippen LogP contribution in [0.2, 0.25) is 5.15 Å². The van der Waals surface area contributed by atoms with Gasteiger partial charge in [-0.25, -0.2) is 4.98 Å². The van der Waals surface area contributed by atoms with Crippen LogP contribution in [0.1, 0.15) is 69.2 Å². The fraction of sp³-hybridized carbons (Fsp3) is 0.444. The molecular weight excluding hydrogens is 482 g/mol. The Balaban J connectivity index is 0.000000384. The summed E-state index contributed by atoms with van der Waals surface area (Å²) in [5, 5.41) is 16.8. The number of nitrogens with two attached hydrogens (primary N) is 1. The van der Waals surface area contributed by atoms with Gasteiger partial charge in [0.15, 0.2) is 0 Å². The van der Waals surface area contributed by atoms with E-state index in [1.165, 1.54) is 17.7 Å². The van der Waals surface area contributed by atoms with E-state index in [2.05, 4.69) is 51.8 Å². The third-order valence-electron chi connectivity index (χ3n) is 5.02. The molecule has 4 nitrogen and oxygen atoms in total. The number of hydrogen-bond acceptors (Lipinski definition) is 6. The number of nitrogens with zero attached hydrogens (tertiary/aromatic N) is 1. The van der Waals surface area contributed by atoms with Crippen LogP contribution in [0.3, 0.4) is 0 Å². The lowest BCUT2D eigenvalue weighted by Gasteiger charge is -2.09. The molecule has 1 aliphatic carbocycles. The highest BCUT2D eigenvalue weighted by Gasteiger charge is 2.10. The van der Waals surface area contributed by atoms with Gasteiger partial charge in [0.25, 0.3) is 0 Å². The minimum Gasteiger partial charge on any atom is -0.396 e. The molecule has 34 heavy (non-hydrogen) atoms. The van der Waals surface area contributed by atoms with Crippen LogP contribution in [0, 0.1) is 11.8 Å². The van der Waals surface area contributed by atoms with E-state index in [1.807, 2.05) is 25.3 Å². The molecule has 0 aromatic carbocycles. The molecule has 7 heteroatoms. The average molecular weight is 518 g/mol. The Morgan fingerprint density at radius 2 is 2.09 bits per heavy atom. The molecule has 3 aromatic heterocycles. The number of aliphatic hydroxyl groups is 1. The van der Waals surface area contributed by atoms with Gasteiger partial charge in [-0.3, -0.25) is 0 Å².